The molecule has 3 aromatic rings. The molecule has 0 saturated carbocycles. The zero-order valence-electron chi connectivity index (χ0n) is 17.2. The molecule has 1 aliphatic rings. The third kappa shape index (κ3) is 3.62. The van der Waals surface area contributed by atoms with Gasteiger partial charge in [0.1, 0.15) is 17.6 Å². The number of hydrogen-bond donors (Lipinski definition) is 1. The fraction of sp³-hybridized carbons (Fsp3) is 0.167. The number of aliphatic hydroxyl groups excluding tert-OH is 1. The van der Waals surface area contributed by atoms with Crippen LogP contribution in [0, 0.1) is 13.8 Å². The van der Waals surface area contributed by atoms with Crippen molar-refractivity contribution in [1.29, 1.82) is 0 Å². The lowest BCUT2D eigenvalue weighted by Crippen LogP contribution is -2.29. The molecule has 0 spiro atoms. The molecule has 1 amide bonds. The fourth-order valence-corrected chi connectivity index (χ4v) is 4.91. The summed E-state index contributed by atoms with van der Waals surface area (Å²) in [7, 11) is 1.50. The summed E-state index contributed by atoms with van der Waals surface area (Å²) in [5.74, 6) is -1.30. The molecule has 2 aromatic carbocycles. The van der Waals surface area contributed by atoms with E-state index in [4.69, 9.17) is 16.3 Å². The van der Waals surface area contributed by atoms with Crippen LogP contribution in [0.25, 0.3) is 5.76 Å². The van der Waals surface area contributed by atoms with Crippen LogP contribution in [0.5, 0.6) is 5.75 Å². The summed E-state index contributed by atoms with van der Waals surface area (Å²) < 4.78 is 5.24. The maximum atomic E-state index is 13.2. The number of rotatable bonds is 4. The van der Waals surface area contributed by atoms with E-state index in [1.165, 1.54) is 23.3 Å². The normalized spacial score (nSPS) is 17.9. The molecule has 2 heterocycles. The number of methoxy groups -OCH3 is 1. The summed E-state index contributed by atoms with van der Waals surface area (Å²) in [6.45, 7) is 3.86. The molecule has 0 radical (unpaired) electrons. The van der Waals surface area contributed by atoms with Gasteiger partial charge in [-0.05, 0) is 61.2 Å². The highest BCUT2D eigenvalue weighted by molar-refractivity contribution is 7.10. The second-order valence-corrected chi connectivity index (χ2v) is 8.67. The summed E-state index contributed by atoms with van der Waals surface area (Å²) in [4.78, 5) is 28.6. The molecule has 4 rings (SSSR count). The lowest BCUT2D eigenvalue weighted by molar-refractivity contribution is -0.132. The van der Waals surface area contributed by atoms with Gasteiger partial charge in [-0.15, -0.1) is 11.3 Å². The molecule has 31 heavy (non-hydrogen) atoms. The van der Waals surface area contributed by atoms with Crippen LogP contribution in [0.2, 0.25) is 5.02 Å². The van der Waals surface area contributed by atoms with E-state index in [2.05, 4.69) is 0 Å². The van der Waals surface area contributed by atoms with Crippen LogP contribution >= 0.6 is 22.9 Å². The van der Waals surface area contributed by atoms with E-state index >= 15 is 0 Å². The van der Waals surface area contributed by atoms with Crippen molar-refractivity contribution >= 4 is 46.1 Å². The highest BCUT2D eigenvalue weighted by atomic mass is 35.5. The van der Waals surface area contributed by atoms with Gasteiger partial charge in [0.05, 0.1) is 17.7 Å². The molecule has 5 nitrogen and oxygen atoms in total. The Bertz CT molecular complexity index is 1210. The zero-order chi connectivity index (χ0) is 22.3. The van der Waals surface area contributed by atoms with Crippen LogP contribution in [0.15, 0.2) is 59.5 Å². The van der Waals surface area contributed by atoms with Crippen LogP contribution in [-0.2, 0) is 9.59 Å². The molecule has 1 saturated heterocycles. The van der Waals surface area contributed by atoms with Gasteiger partial charge in [0.25, 0.3) is 11.7 Å². The molecule has 158 valence electrons. The van der Waals surface area contributed by atoms with Crippen molar-refractivity contribution in [3.8, 4) is 5.75 Å². The summed E-state index contributed by atoms with van der Waals surface area (Å²) in [6.07, 6.45) is 0. The topological polar surface area (TPSA) is 66.8 Å². The number of ether oxygens (including phenoxy) is 1. The standard InChI is InChI=1S/C24H20ClNO4S/c1-13-4-6-15(7-5-13)26-20(23-14(2)10-11-31-23)19(22(28)24(26)29)21(27)17-12-16(30-3)8-9-18(17)25/h4-12,20,27H,1-3H3/b21-19+. The minimum Gasteiger partial charge on any atom is -0.507 e. The molecule has 7 heteroatoms. The largest absolute Gasteiger partial charge is 0.507 e. The van der Waals surface area contributed by atoms with Crippen LogP contribution in [0.1, 0.15) is 27.6 Å². The van der Waals surface area contributed by atoms with Gasteiger partial charge < -0.3 is 9.84 Å². The molecule has 0 bridgehead atoms. The number of hydrogen-bond acceptors (Lipinski definition) is 5. The number of amides is 1. The highest BCUT2D eigenvalue weighted by Gasteiger charge is 2.48. The summed E-state index contributed by atoms with van der Waals surface area (Å²) >= 11 is 7.76. The number of anilines is 1. The van der Waals surface area contributed by atoms with Gasteiger partial charge in [0.15, 0.2) is 0 Å². The monoisotopic (exact) mass is 453 g/mol. The average molecular weight is 454 g/mol. The third-order valence-electron chi connectivity index (χ3n) is 5.34. The lowest BCUT2D eigenvalue weighted by atomic mass is 9.98. The lowest BCUT2D eigenvalue weighted by Gasteiger charge is -2.25. The number of aryl methyl sites for hydroxylation is 2. The van der Waals surface area contributed by atoms with Crippen LogP contribution < -0.4 is 9.64 Å². The summed E-state index contributed by atoms with van der Waals surface area (Å²) in [5, 5.41) is 13.4. The van der Waals surface area contributed by atoms with Gasteiger partial charge in [-0.2, -0.15) is 0 Å². The average Bonchev–Trinajstić information content (AvgIpc) is 3.29. The smallest absolute Gasteiger partial charge is 0.300 e. The van der Waals surface area contributed by atoms with Gasteiger partial charge in [0, 0.05) is 16.1 Å². The molecular formula is C24H20ClNO4S. The van der Waals surface area contributed by atoms with E-state index in [1.807, 2.05) is 37.4 Å². The Morgan fingerprint density at radius 3 is 2.42 bits per heavy atom. The number of Topliss-reactive ketones (excluding diaryl/α,β-unsaturated/α-hetero) is 1. The number of benzene rings is 2. The van der Waals surface area contributed by atoms with Crippen molar-refractivity contribution in [3.05, 3.63) is 86.1 Å². The summed E-state index contributed by atoms with van der Waals surface area (Å²) in [6, 6.07) is 13.3. The number of carbonyl (C=O) groups is 2. The van der Waals surface area contributed by atoms with Crippen LogP contribution in [0.4, 0.5) is 5.69 Å². The molecule has 0 aliphatic carbocycles. The Balaban J connectivity index is 1.97. The number of ketones is 1. The second kappa shape index (κ2) is 8.21. The molecule has 1 atom stereocenters. The van der Waals surface area contributed by atoms with E-state index in [9.17, 15) is 14.7 Å². The molecule has 1 fully saturated rings. The van der Waals surface area contributed by atoms with Gasteiger partial charge in [-0.25, -0.2) is 0 Å². The van der Waals surface area contributed by atoms with Crippen LogP contribution in [-0.4, -0.2) is 23.9 Å². The predicted molar refractivity (Wildman–Crippen MR) is 123 cm³/mol. The Morgan fingerprint density at radius 2 is 1.81 bits per heavy atom. The highest BCUT2D eigenvalue weighted by Crippen LogP contribution is 2.45. The molecule has 1 unspecified atom stereocenters. The third-order valence-corrected chi connectivity index (χ3v) is 6.74. The van der Waals surface area contributed by atoms with Crippen molar-refractivity contribution in [2.24, 2.45) is 0 Å². The first-order valence-electron chi connectivity index (χ1n) is 9.59. The second-order valence-electron chi connectivity index (χ2n) is 7.32. The number of halogens is 1. The fourth-order valence-electron chi connectivity index (χ4n) is 3.67. The van der Waals surface area contributed by atoms with Gasteiger partial charge in [-0.1, -0.05) is 29.3 Å². The Kier molecular flexibility index (Phi) is 5.60. The van der Waals surface area contributed by atoms with Crippen molar-refractivity contribution in [2.45, 2.75) is 19.9 Å². The number of aliphatic hydroxyl groups is 1. The molecule has 1 N–H and O–H groups in total. The minimum atomic E-state index is -0.759. The van der Waals surface area contributed by atoms with Crippen molar-refractivity contribution in [3.63, 3.8) is 0 Å². The first-order valence-corrected chi connectivity index (χ1v) is 10.8. The molecule has 1 aromatic heterocycles. The summed E-state index contributed by atoms with van der Waals surface area (Å²) in [5.41, 5.74) is 2.79. The van der Waals surface area contributed by atoms with Crippen molar-refractivity contribution in [1.82, 2.24) is 0 Å². The first-order chi connectivity index (χ1) is 14.8. The van der Waals surface area contributed by atoms with Crippen molar-refractivity contribution in [2.75, 3.05) is 12.0 Å². The van der Waals surface area contributed by atoms with Gasteiger partial charge >= 0.3 is 0 Å². The quantitative estimate of drug-likeness (QED) is 0.315. The van der Waals surface area contributed by atoms with E-state index in [-0.39, 0.29) is 21.9 Å². The molecule has 1 aliphatic heterocycles. The molecular weight excluding hydrogens is 434 g/mol. The number of thiophene rings is 1. The van der Waals surface area contributed by atoms with E-state index in [0.29, 0.717) is 11.4 Å². The predicted octanol–water partition coefficient (Wildman–Crippen LogP) is 5.65. The van der Waals surface area contributed by atoms with Crippen molar-refractivity contribution < 1.29 is 19.4 Å². The van der Waals surface area contributed by atoms with Gasteiger partial charge in [0.2, 0.25) is 0 Å². The Hall–Kier alpha value is -3.09. The van der Waals surface area contributed by atoms with E-state index < -0.39 is 17.7 Å². The maximum absolute atomic E-state index is 13.2. The zero-order valence-corrected chi connectivity index (χ0v) is 18.8. The Morgan fingerprint density at radius 1 is 1.10 bits per heavy atom. The number of nitrogens with zero attached hydrogens (tertiary/aromatic N) is 1. The van der Waals surface area contributed by atoms with E-state index in [0.717, 1.165) is 16.0 Å². The van der Waals surface area contributed by atoms with Gasteiger partial charge in [-0.3, -0.25) is 14.5 Å². The van der Waals surface area contributed by atoms with E-state index in [1.54, 1.807) is 30.3 Å². The maximum Gasteiger partial charge on any atom is 0.300 e. The van der Waals surface area contributed by atoms with Crippen LogP contribution in [0.3, 0.4) is 0 Å². The number of carbonyl (C=O) groups excluding carboxylic acids is 2. The minimum absolute atomic E-state index is 0.00581. The first kappa shape index (κ1) is 21.2. The SMILES string of the molecule is COc1ccc(Cl)c(/C(O)=C2\C(=O)C(=O)N(c3ccc(C)cc3)C2c2sccc2C)c1. The Labute approximate surface area is 189 Å².